The number of ether oxygens (including phenoxy) is 1. The van der Waals surface area contributed by atoms with E-state index in [-0.39, 0.29) is 11.5 Å². The Balaban J connectivity index is 1.61. The molecule has 7 heteroatoms. The first-order valence-electron chi connectivity index (χ1n) is 11.5. The van der Waals surface area contributed by atoms with E-state index in [4.69, 9.17) is 8.92 Å². The summed E-state index contributed by atoms with van der Waals surface area (Å²) in [5, 5.41) is 0. The second-order valence-electron chi connectivity index (χ2n) is 8.28. The molecule has 0 bridgehead atoms. The minimum Gasteiger partial charge on any atom is -0.379 e. The van der Waals surface area contributed by atoms with Gasteiger partial charge in [0.15, 0.2) is 0 Å². The van der Waals surface area contributed by atoms with Crippen molar-refractivity contribution in [3.05, 3.63) is 90.8 Å². The molecule has 34 heavy (non-hydrogen) atoms. The quantitative estimate of drug-likeness (QED) is 0.276. The zero-order chi connectivity index (χ0) is 24.4. The molecule has 1 heterocycles. The summed E-state index contributed by atoms with van der Waals surface area (Å²) in [7, 11) is -3.92. The van der Waals surface area contributed by atoms with Gasteiger partial charge in [0.1, 0.15) is 6.10 Å². The van der Waals surface area contributed by atoms with Crippen LogP contribution in [0.3, 0.4) is 0 Å². The second-order valence-corrected chi connectivity index (χ2v) is 9.85. The van der Waals surface area contributed by atoms with Gasteiger partial charge in [-0.3, -0.25) is 4.18 Å². The largest absolute Gasteiger partial charge is 0.379 e. The van der Waals surface area contributed by atoms with Crippen molar-refractivity contribution < 1.29 is 17.3 Å². The summed E-state index contributed by atoms with van der Waals surface area (Å²) in [5.74, 6) is 0. The van der Waals surface area contributed by atoms with Gasteiger partial charge >= 0.3 is 0 Å². The van der Waals surface area contributed by atoms with Gasteiger partial charge in [-0.2, -0.15) is 8.42 Å². The third-order valence-electron chi connectivity index (χ3n) is 5.50. The maximum Gasteiger partial charge on any atom is 0.297 e. The highest BCUT2D eigenvalue weighted by Crippen LogP contribution is 2.19. The van der Waals surface area contributed by atoms with E-state index in [1.807, 2.05) is 35.5 Å². The SMILES string of the molecule is C=Cc1ccc(CN2C=CN(CC(COCCCC)OS(=O)(=O)c3ccc(C=C)cc3)C2)cc1. The van der Waals surface area contributed by atoms with E-state index < -0.39 is 16.2 Å². The van der Waals surface area contributed by atoms with Crippen LogP contribution in [0.25, 0.3) is 12.2 Å². The molecule has 182 valence electrons. The van der Waals surface area contributed by atoms with E-state index in [9.17, 15) is 8.42 Å². The van der Waals surface area contributed by atoms with Gasteiger partial charge in [-0.25, -0.2) is 0 Å². The van der Waals surface area contributed by atoms with Crippen molar-refractivity contribution in [2.45, 2.75) is 37.3 Å². The van der Waals surface area contributed by atoms with Crippen molar-refractivity contribution >= 4 is 22.3 Å². The molecule has 0 spiro atoms. The molecule has 2 aromatic carbocycles. The Bertz CT molecular complexity index is 1060. The highest BCUT2D eigenvalue weighted by Gasteiger charge is 2.25. The standard InChI is InChI=1S/C27H34N2O4S/c1-4-7-18-32-21-26(33-34(30,31)27-14-12-24(6-3)13-15-27)20-29-17-16-28(22-29)19-25-10-8-23(5-2)9-11-25/h5-6,8-17,26H,2-4,7,18-22H2,1H3. The third-order valence-corrected chi connectivity index (χ3v) is 6.88. The van der Waals surface area contributed by atoms with Crippen LogP contribution in [-0.2, 0) is 25.6 Å². The Hall–Kier alpha value is -2.87. The zero-order valence-corrected chi connectivity index (χ0v) is 20.6. The number of nitrogens with zero attached hydrogens (tertiary/aromatic N) is 2. The number of rotatable bonds is 14. The maximum atomic E-state index is 12.9. The Morgan fingerprint density at radius 2 is 1.59 bits per heavy atom. The summed E-state index contributed by atoms with van der Waals surface area (Å²) < 4.78 is 37.2. The van der Waals surface area contributed by atoms with Crippen molar-refractivity contribution in [1.82, 2.24) is 9.80 Å². The molecule has 0 saturated heterocycles. The Kier molecular flexibility index (Phi) is 9.51. The van der Waals surface area contributed by atoms with E-state index in [0.717, 1.165) is 30.5 Å². The molecular weight excluding hydrogens is 448 g/mol. The number of hydrogen-bond donors (Lipinski definition) is 0. The highest BCUT2D eigenvalue weighted by atomic mass is 32.2. The van der Waals surface area contributed by atoms with Gasteiger partial charge < -0.3 is 14.5 Å². The molecule has 1 aliphatic rings. The van der Waals surface area contributed by atoms with Crippen LogP contribution >= 0.6 is 0 Å². The van der Waals surface area contributed by atoms with Crippen molar-refractivity contribution in [3.8, 4) is 0 Å². The summed E-state index contributed by atoms with van der Waals surface area (Å²) in [6, 6.07) is 14.8. The minimum atomic E-state index is -3.92. The number of unbranched alkanes of at least 4 members (excludes halogenated alkanes) is 1. The number of benzene rings is 2. The molecule has 0 aromatic heterocycles. The van der Waals surface area contributed by atoms with E-state index in [2.05, 4.69) is 37.1 Å². The van der Waals surface area contributed by atoms with Crippen molar-refractivity contribution in [1.29, 1.82) is 0 Å². The maximum absolute atomic E-state index is 12.9. The smallest absolute Gasteiger partial charge is 0.297 e. The lowest BCUT2D eigenvalue weighted by atomic mass is 10.1. The van der Waals surface area contributed by atoms with Crippen LogP contribution in [0.5, 0.6) is 0 Å². The van der Waals surface area contributed by atoms with Crippen LogP contribution in [-0.4, -0.2) is 50.7 Å². The molecule has 0 fully saturated rings. The molecule has 0 saturated carbocycles. The first-order chi connectivity index (χ1) is 16.4. The fourth-order valence-corrected chi connectivity index (χ4v) is 4.63. The zero-order valence-electron chi connectivity index (χ0n) is 19.8. The Morgan fingerprint density at radius 3 is 2.21 bits per heavy atom. The van der Waals surface area contributed by atoms with E-state index in [1.165, 1.54) is 17.7 Å². The van der Waals surface area contributed by atoms with Gasteiger partial charge in [0.05, 0.1) is 18.2 Å². The van der Waals surface area contributed by atoms with Gasteiger partial charge in [-0.05, 0) is 35.2 Å². The number of hydrogen-bond acceptors (Lipinski definition) is 6. The van der Waals surface area contributed by atoms with Gasteiger partial charge in [-0.1, -0.05) is 75.1 Å². The highest BCUT2D eigenvalue weighted by molar-refractivity contribution is 7.86. The normalized spacial score (nSPS) is 14.4. The van der Waals surface area contributed by atoms with Gasteiger partial charge in [0, 0.05) is 32.1 Å². The summed E-state index contributed by atoms with van der Waals surface area (Å²) in [4.78, 5) is 4.33. The Labute approximate surface area is 203 Å². The molecule has 0 radical (unpaired) electrons. The fourth-order valence-electron chi connectivity index (χ4n) is 3.57. The topological polar surface area (TPSA) is 59.1 Å². The molecule has 1 aliphatic heterocycles. The van der Waals surface area contributed by atoms with Crippen LogP contribution in [0.15, 0.2) is 79.0 Å². The summed E-state index contributed by atoms with van der Waals surface area (Å²) in [6.07, 6.45) is 8.77. The van der Waals surface area contributed by atoms with Crippen LogP contribution < -0.4 is 0 Å². The molecule has 0 amide bonds. The van der Waals surface area contributed by atoms with Gasteiger partial charge in [-0.15, -0.1) is 0 Å². The van der Waals surface area contributed by atoms with E-state index in [1.54, 1.807) is 18.2 Å². The van der Waals surface area contributed by atoms with E-state index in [0.29, 0.717) is 19.8 Å². The Morgan fingerprint density at radius 1 is 0.971 bits per heavy atom. The van der Waals surface area contributed by atoms with Crippen LogP contribution in [0.1, 0.15) is 36.5 Å². The summed E-state index contributed by atoms with van der Waals surface area (Å²) in [5.41, 5.74) is 3.13. The molecule has 6 nitrogen and oxygen atoms in total. The van der Waals surface area contributed by atoms with Crippen molar-refractivity contribution in [2.24, 2.45) is 0 Å². The summed E-state index contributed by atoms with van der Waals surface area (Å²) in [6.45, 7) is 12.2. The lowest BCUT2D eigenvalue weighted by Gasteiger charge is -2.26. The van der Waals surface area contributed by atoms with E-state index >= 15 is 0 Å². The average molecular weight is 483 g/mol. The minimum absolute atomic E-state index is 0.123. The summed E-state index contributed by atoms with van der Waals surface area (Å²) >= 11 is 0. The lowest BCUT2D eigenvalue weighted by Crippen LogP contribution is -2.37. The van der Waals surface area contributed by atoms with Crippen LogP contribution in [0.4, 0.5) is 0 Å². The predicted molar refractivity (Wildman–Crippen MR) is 137 cm³/mol. The molecule has 1 atom stereocenters. The molecule has 0 aliphatic carbocycles. The van der Waals surface area contributed by atoms with Gasteiger partial charge in [0.25, 0.3) is 10.1 Å². The second kappa shape index (κ2) is 12.6. The predicted octanol–water partition coefficient (Wildman–Crippen LogP) is 5.11. The van der Waals surface area contributed by atoms with Crippen LogP contribution in [0.2, 0.25) is 0 Å². The molecule has 0 N–H and O–H groups in total. The molecular formula is C27H34N2O4S. The first-order valence-corrected chi connectivity index (χ1v) is 13.0. The molecule has 1 unspecified atom stereocenters. The monoisotopic (exact) mass is 482 g/mol. The fraction of sp³-hybridized carbons (Fsp3) is 0.333. The van der Waals surface area contributed by atoms with Crippen molar-refractivity contribution in [3.63, 3.8) is 0 Å². The lowest BCUT2D eigenvalue weighted by molar-refractivity contribution is 0.0366. The van der Waals surface area contributed by atoms with Crippen molar-refractivity contribution in [2.75, 3.05) is 26.4 Å². The van der Waals surface area contributed by atoms with Gasteiger partial charge in [0.2, 0.25) is 0 Å². The molecule has 3 rings (SSSR count). The average Bonchev–Trinajstić information content (AvgIpc) is 3.28. The van der Waals surface area contributed by atoms with Crippen LogP contribution in [0, 0.1) is 0 Å². The molecule has 2 aromatic rings. The first kappa shape index (κ1) is 25.7. The third kappa shape index (κ3) is 7.58.